The van der Waals surface area contributed by atoms with E-state index in [0.717, 1.165) is 86.3 Å². The number of benzene rings is 1. The molecule has 1 saturated heterocycles. The molecule has 3 heterocycles. The lowest BCUT2D eigenvalue weighted by molar-refractivity contribution is 0.0865. The number of aromatic nitrogens is 3. The number of nitrogens with one attached hydrogen (secondary N) is 2. The lowest BCUT2D eigenvalue weighted by Gasteiger charge is -2.39. The van der Waals surface area contributed by atoms with Crippen LogP contribution in [0.3, 0.4) is 0 Å². The molecule has 1 amide bonds. The van der Waals surface area contributed by atoms with Gasteiger partial charge in [0.25, 0.3) is 5.91 Å². The summed E-state index contributed by atoms with van der Waals surface area (Å²) >= 11 is 0. The molecule has 186 valence electrons. The van der Waals surface area contributed by atoms with E-state index >= 15 is 0 Å². The summed E-state index contributed by atoms with van der Waals surface area (Å²) in [5.74, 6) is 0.715. The molecule has 2 aliphatic rings. The molecular weight excluding hydrogens is 442 g/mol. The monoisotopic (exact) mass is 477 g/mol. The lowest BCUT2D eigenvalue weighted by atomic mass is 9.76. The fourth-order valence-corrected chi connectivity index (χ4v) is 5.47. The first-order chi connectivity index (χ1) is 17.1. The SMILES string of the molecule is CCn1ncc2c(NC3CCOCC3)c(C(=O)NC3(c4ccc(OC)cc4)CCCCC3)cnc21. The quantitative estimate of drug-likeness (QED) is 0.515. The third kappa shape index (κ3) is 4.72. The van der Waals surface area contributed by atoms with Crippen molar-refractivity contribution in [2.45, 2.75) is 70.0 Å². The van der Waals surface area contributed by atoms with Crippen LogP contribution in [0, 0.1) is 0 Å². The van der Waals surface area contributed by atoms with Crippen LogP contribution in [0.2, 0.25) is 0 Å². The van der Waals surface area contributed by atoms with E-state index in [-0.39, 0.29) is 11.9 Å². The molecule has 0 unspecified atom stereocenters. The summed E-state index contributed by atoms with van der Waals surface area (Å²) in [6.07, 6.45) is 10.5. The minimum Gasteiger partial charge on any atom is -0.497 e. The molecule has 0 atom stereocenters. The van der Waals surface area contributed by atoms with E-state index in [1.807, 2.05) is 29.9 Å². The van der Waals surface area contributed by atoms with Crippen LogP contribution in [0.5, 0.6) is 5.75 Å². The number of carbonyl (C=O) groups excluding carboxylic acids is 1. The molecule has 2 fully saturated rings. The number of carbonyl (C=O) groups is 1. The third-order valence-electron chi connectivity index (χ3n) is 7.48. The maximum atomic E-state index is 13.9. The molecule has 5 rings (SSSR count). The van der Waals surface area contributed by atoms with Gasteiger partial charge < -0.3 is 20.1 Å². The highest BCUT2D eigenvalue weighted by Crippen LogP contribution is 2.39. The number of anilines is 1. The highest BCUT2D eigenvalue weighted by Gasteiger charge is 2.36. The number of aryl methyl sites for hydroxylation is 1. The fraction of sp³-hybridized carbons (Fsp3) is 0.519. The molecule has 2 N–H and O–H groups in total. The Kier molecular flexibility index (Phi) is 6.90. The summed E-state index contributed by atoms with van der Waals surface area (Å²) in [5, 5.41) is 12.5. The molecule has 2 aromatic heterocycles. The first-order valence-electron chi connectivity index (χ1n) is 12.8. The Balaban J connectivity index is 1.51. The van der Waals surface area contributed by atoms with Gasteiger partial charge in [-0.2, -0.15) is 5.10 Å². The second-order valence-electron chi connectivity index (χ2n) is 9.60. The molecule has 0 radical (unpaired) electrons. The molecule has 1 aromatic carbocycles. The molecule has 3 aromatic rings. The number of methoxy groups -OCH3 is 1. The van der Waals surface area contributed by atoms with Crippen LogP contribution in [0.1, 0.15) is 67.8 Å². The van der Waals surface area contributed by atoms with Gasteiger partial charge in [-0.15, -0.1) is 0 Å². The Bertz CT molecular complexity index is 1160. The third-order valence-corrected chi connectivity index (χ3v) is 7.48. The van der Waals surface area contributed by atoms with E-state index in [1.54, 1.807) is 13.3 Å². The largest absolute Gasteiger partial charge is 0.497 e. The van der Waals surface area contributed by atoms with E-state index in [0.29, 0.717) is 5.56 Å². The Morgan fingerprint density at radius 3 is 2.57 bits per heavy atom. The van der Waals surface area contributed by atoms with E-state index in [9.17, 15) is 4.79 Å². The maximum absolute atomic E-state index is 13.9. The minimum atomic E-state index is -0.403. The summed E-state index contributed by atoms with van der Waals surface area (Å²) < 4.78 is 12.8. The van der Waals surface area contributed by atoms with Gasteiger partial charge in [-0.1, -0.05) is 31.4 Å². The molecule has 0 bridgehead atoms. The molecule has 1 saturated carbocycles. The molecule has 35 heavy (non-hydrogen) atoms. The van der Waals surface area contributed by atoms with Crippen molar-refractivity contribution >= 4 is 22.6 Å². The lowest BCUT2D eigenvalue weighted by Crippen LogP contribution is -2.47. The Morgan fingerprint density at radius 1 is 1.14 bits per heavy atom. The van der Waals surface area contributed by atoms with Crippen LogP contribution in [-0.4, -0.2) is 47.0 Å². The molecule has 0 spiro atoms. The number of hydrogen-bond acceptors (Lipinski definition) is 6. The first kappa shape index (κ1) is 23.6. The summed E-state index contributed by atoms with van der Waals surface area (Å²) in [6, 6.07) is 8.36. The van der Waals surface area contributed by atoms with Crippen molar-refractivity contribution in [2.75, 3.05) is 25.6 Å². The Morgan fingerprint density at radius 2 is 1.89 bits per heavy atom. The second-order valence-corrected chi connectivity index (χ2v) is 9.60. The fourth-order valence-electron chi connectivity index (χ4n) is 5.47. The van der Waals surface area contributed by atoms with Crippen molar-refractivity contribution in [1.82, 2.24) is 20.1 Å². The van der Waals surface area contributed by atoms with Crippen molar-refractivity contribution < 1.29 is 14.3 Å². The number of hydrogen-bond donors (Lipinski definition) is 2. The average molecular weight is 478 g/mol. The van der Waals surface area contributed by atoms with E-state index in [1.165, 1.54) is 6.42 Å². The van der Waals surface area contributed by atoms with Crippen LogP contribution in [-0.2, 0) is 16.8 Å². The summed E-state index contributed by atoms with van der Waals surface area (Å²) in [4.78, 5) is 18.6. The standard InChI is InChI=1S/C27H35N5O3/c1-3-32-25-22(18-29-32)24(30-20-11-15-35-16-12-20)23(17-28-25)26(33)31-27(13-5-4-6-14-27)19-7-9-21(34-2)10-8-19/h7-10,17-18,20H,3-6,11-16H2,1-2H3,(H,28,30)(H,31,33). The Labute approximate surface area is 206 Å². The van der Waals surface area contributed by atoms with E-state index in [4.69, 9.17) is 9.47 Å². The minimum absolute atomic E-state index is 0.101. The molecule has 8 nitrogen and oxygen atoms in total. The van der Waals surface area contributed by atoms with Gasteiger partial charge in [-0.05, 0) is 50.3 Å². The molecule has 8 heteroatoms. The van der Waals surface area contributed by atoms with Crippen LogP contribution in [0.15, 0.2) is 36.7 Å². The van der Waals surface area contributed by atoms with Gasteiger partial charge in [0.2, 0.25) is 0 Å². The zero-order valence-corrected chi connectivity index (χ0v) is 20.7. The van der Waals surface area contributed by atoms with Crippen molar-refractivity contribution in [3.63, 3.8) is 0 Å². The van der Waals surface area contributed by atoms with Crippen LogP contribution < -0.4 is 15.4 Å². The van der Waals surface area contributed by atoms with Crippen molar-refractivity contribution in [3.8, 4) is 5.75 Å². The normalized spacial score (nSPS) is 18.3. The first-order valence-corrected chi connectivity index (χ1v) is 12.8. The highest BCUT2D eigenvalue weighted by atomic mass is 16.5. The predicted molar refractivity (Wildman–Crippen MR) is 136 cm³/mol. The zero-order chi connectivity index (χ0) is 24.3. The zero-order valence-electron chi connectivity index (χ0n) is 20.7. The van der Waals surface area contributed by atoms with Gasteiger partial charge in [0.05, 0.1) is 35.5 Å². The number of ether oxygens (including phenoxy) is 2. The Hall–Kier alpha value is -3.13. The number of amides is 1. The number of nitrogens with zero attached hydrogens (tertiary/aromatic N) is 3. The summed E-state index contributed by atoms with van der Waals surface area (Å²) in [6.45, 7) is 4.21. The molecular formula is C27H35N5O3. The predicted octanol–water partition coefficient (Wildman–Crippen LogP) is 4.64. The summed E-state index contributed by atoms with van der Waals surface area (Å²) in [7, 11) is 1.67. The van der Waals surface area contributed by atoms with Crippen molar-refractivity contribution in [2.24, 2.45) is 0 Å². The van der Waals surface area contributed by atoms with Crippen LogP contribution in [0.25, 0.3) is 11.0 Å². The van der Waals surface area contributed by atoms with Crippen molar-refractivity contribution in [3.05, 3.63) is 47.8 Å². The molecule has 1 aliphatic carbocycles. The van der Waals surface area contributed by atoms with Gasteiger partial charge in [-0.3, -0.25) is 4.79 Å². The number of rotatable bonds is 7. The van der Waals surface area contributed by atoms with E-state index in [2.05, 4.69) is 32.8 Å². The highest BCUT2D eigenvalue weighted by molar-refractivity contribution is 6.06. The van der Waals surface area contributed by atoms with Gasteiger partial charge in [-0.25, -0.2) is 9.67 Å². The van der Waals surface area contributed by atoms with Crippen LogP contribution >= 0.6 is 0 Å². The second kappa shape index (κ2) is 10.2. The number of fused-ring (bicyclic) bond motifs is 1. The topological polar surface area (TPSA) is 90.3 Å². The van der Waals surface area contributed by atoms with Gasteiger partial charge in [0, 0.05) is 32.0 Å². The van der Waals surface area contributed by atoms with Gasteiger partial charge >= 0.3 is 0 Å². The van der Waals surface area contributed by atoms with Gasteiger partial charge in [0.15, 0.2) is 5.65 Å². The number of pyridine rings is 1. The van der Waals surface area contributed by atoms with Crippen molar-refractivity contribution in [1.29, 1.82) is 0 Å². The summed E-state index contributed by atoms with van der Waals surface area (Å²) in [5.41, 5.74) is 2.90. The van der Waals surface area contributed by atoms with Gasteiger partial charge in [0.1, 0.15) is 5.75 Å². The maximum Gasteiger partial charge on any atom is 0.255 e. The van der Waals surface area contributed by atoms with E-state index < -0.39 is 5.54 Å². The van der Waals surface area contributed by atoms with Crippen LogP contribution in [0.4, 0.5) is 5.69 Å². The molecule has 1 aliphatic heterocycles. The smallest absolute Gasteiger partial charge is 0.255 e. The average Bonchev–Trinajstić information content (AvgIpc) is 3.34.